The molecule has 3 rings (SSSR count). The van der Waals surface area contributed by atoms with Crippen LogP contribution in [0.1, 0.15) is 0 Å². The van der Waals surface area contributed by atoms with Crippen molar-refractivity contribution in [3.8, 4) is 5.75 Å². The molecule has 1 aromatic carbocycles. The lowest BCUT2D eigenvalue weighted by molar-refractivity contribution is 0.326. The summed E-state index contributed by atoms with van der Waals surface area (Å²) in [7, 11) is 2.00. The van der Waals surface area contributed by atoms with Crippen LogP contribution in [0.25, 0.3) is 10.2 Å². The Bertz CT molecular complexity index is 746. The van der Waals surface area contributed by atoms with Crippen LogP contribution in [0, 0.1) is 0 Å². The molecule has 6 heteroatoms. The number of ether oxygens (including phenoxy) is 1. The quantitative estimate of drug-likeness (QED) is 0.715. The Morgan fingerprint density at radius 1 is 1.29 bits per heavy atom. The van der Waals surface area contributed by atoms with Gasteiger partial charge in [0.2, 0.25) is 0 Å². The van der Waals surface area contributed by atoms with E-state index in [1.54, 1.807) is 17.7 Å². The van der Waals surface area contributed by atoms with Crippen LogP contribution in [0.15, 0.2) is 42.0 Å². The third kappa shape index (κ3) is 3.25. The predicted molar refractivity (Wildman–Crippen MR) is 87.6 cm³/mol. The van der Waals surface area contributed by atoms with Gasteiger partial charge < -0.3 is 9.64 Å². The highest BCUT2D eigenvalue weighted by Crippen LogP contribution is 2.25. The zero-order chi connectivity index (χ0) is 14.7. The Labute approximate surface area is 132 Å². The summed E-state index contributed by atoms with van der Waals surface area (Å²) in [6.07, 6.45) is 1.60. The van der Waals surface area contributed by atoms with E-state index in [4.69, 9.17) is 16.3 Å². The molecule has 0 atom stereocenters. The monoisotopic (exact) mass is 319 g/mol. The molecule has 3 aromatic rings. The van der Waals surface area contributed by atoms with E-state index in [9.17, 15) is 0 Å². The molecule has 108 valence electrons. The Hall–Kier alpha value is -1.85. The number of hydrogen-bond donors (Lipinski definition) is 0. The lowest BCUT2D eigenvalue weighted by Crippen LogP contribution is -2.24. The van der Waals surface area contributed by atoms with Gasteiger partial charge in [-0.25, -0.2) is 9.97 Å². The lowest BCUT2D eigenvalue weighted by Gasteiger charge is -2.19. The molecule has 0 N–H and O–H groups in total. The fourth-order valence-electron chi connectivity index (χ4n) is 2.04. The Balaban J connectivity index is 1.64. The first-order chi connectivity index (χ1) is 10.2. The summed E-state index contributed by atoms with van der Waals surface area (Å²) in [5, 5.41) is 3.78. The topological polar surface area (TPSA) is 38.2 Å². The van der Waals surface area contributed by atoms with E-state index in [-0.39, 0.29) is 0 Å². The van der Waals surface area contributed by atoms with Crippen LogP contribution < -0.4 is 9.64 Å². The first kappa shape index (κ1) is 14.1. The average molecular weight is 320 g/mol. The van der Waals surface area contributed by atoms with E-state index in [1.165, 1.54) is 0 Å². The van der Waals surface area contributed by atoms with E-state index in [0.717, 1.165) is 28.3 Å². The first-order valence-corrected chi connectivity index (χ1v) is 7.77. The van der Waals surface area contributed by atoms with Crippen molar-refractivity contribution in [3.05, 3.63) is 47.1 Å². The van der Waals surface area contributed by atoms with Gasteiger partial charge >= 0.3 is 0 Å². The van der Waals surface area contributed by atoms with Gasteiger partial charge in [-0.1, -0.05) is 17.7 Å². The van der Waals surface area contributed by atoms with Gasteiger partial charge in [0.25, 0.3) is 0 Å². The zero-order valence-corrected chi connectivity index (χ0v) is 13.1. The molecule has 0 fully saturated rings. The van der Waals surface area contributed by atoms with Gasteiger partial charge in [-0.2, -0.15) is 0 Å². The van der Waals surface area contributed by atoms with Crippen LogP contribution in [0.3, 0.4) is 0 Å². The molecule has 2 heterocycles. The number of rotatable bonds is 5. The molecule has 0 saturated heterocycles. The fraction of sp³-hybridized carbons (Fsp3) is 0.200. The smallest absolute Gasteiger partial charge is 0.140 e. The highest BCUT2D eigenvalue weighted by atomic mass is 35.5. The van der Waals surface area contributed by atoms with Gasteiger partial charge in [-0.05, 0) is 29.6 Å². The van der Waals surface area contributed by atoms with Crippen molar-refractivity contribution in [1.29, 1.82) is 0 Å². The van der Waals surface area contributed by atoms with Crippen molar-refractivity contribution in [3.63, 3.8) is 0 Å². The van der Waals surface area contributed by atoms with Crippen molar-refractivity contribution >= 4 is 39.0 Å². The Morgan fingerprint density at radius 3 is 3.05 bits per heavy atom. The van der Waals surface area contributed by atoms with Crippen LogP contribution in [-0.2, 0) is 0 Å². The van der Waals surface area contributed by atoms with E-state index in [2.05, 4.69) is 14.9 Å². The number of anilines is 1. The van der Waals surface area contributed by atoms with Gasteiger partial charge in [0.05, 0.1) is 11.9 Å². The molecular weight excluding hydrogens is 306 g/mol. The molecule has 0 spiro atoms. The van der Waals surface area contributed by atoms with Crippen LogP contribution >= 0.6 is 22.9 Å². The second kappa shape index (κ2) is 6.28. The third-order valence-corrected chi connectivity index (χ3v) is 4.15. The number of nitrogens with zero attached hydrogens (tertiary/aromatic N) is 3. The van der Waals surface area contributed by atoms with E-state index in [1.807, 2.05) is 42.8 Å². The number of benzene rings is 1. The summed E-state index contributed by atoms with van der Waals surface area (Å²) in [4.78, 5) is 11.7. The van der Waals surface area contributed by atoms with Crippen molar-refractivity contribution in [1.82, 2.24) is 9.97 Å². The summed E-state index contributed by atoms with van der Waals surface area (Å²) >= 11 is 7.55. The minimum atomic E-state index is 0.562. The minimum absolute atomic E-state index is 0.562. The zero-order valence-electron chi connectivity index (χ0n) is 11.5. The van der Waals surface area contributed by atoms with Crippen molar-refractivity contribution < 1.29 is 4.74 Å². The third-order valence-electron chi connectivity index (χ3n) is 3.09. The molecule has 21 heavy (non-hydrogen) atoms. The number of thiophene rings is 1. The maximum Gasteiger partial charge on any atom is 0.140 e. The summed E-state index contributed by atoms with van der Waals surface area (Å²) in [5.41, 5.74) is 0. The summed E-state index contributed by atoms with van der Waals surface area (Å²) in [6, 6.07) is 9.45. The van der Waals surface area contributed by atoms with Crippen LogP contribution in [0.4, 0.5) is 5.82 Å². The van der Waals surface area contributed by atoms with Gasteiger partial charge in [-0.15, -0.1) is 11.3 Å². The molecule has 0 aliphatic rings. The summed E-state index contributed by atoms with van der Waals surface area (Å²) in [5.74, 6) is 1.70. The van der Waals surface area contributed by atoms with Gasteiger partial charge in [0.15, 0.2) is 0 Å². The molecule has 0 aliphatic heterocycles. The molecule has 0 aliphatic carbocycles. The maximum atomic E-state index is 5.93. The Morgan fingerprint density at radius 2 is 2.19 bits per heavy atom. The van der Waals surface area contributed by atoms with Crippen molar-refractivity contribution in [2.24, 2.45) is 0 Å². The van der Waals surface area contributed by atoms with Crippen molar-refractivity contribution in [2.45, 2.75) is 0 Å². The minimum Gasteiger partial charge on any atom is -0.492 e. The van der Waals surface area contributed by atoms with Gasteiger partial charge in [0, 0.05) is 12.1 Å². The predicted octanol–water partition coefficient (Wildman–Crippen LogP) is 3.86. The van der Waals surface area contributed by atoms with Crippen LogP contribution in [-0.4, -0.2) is 30.2 Å². The number of halogens is 1. The summed E-state index contributed by atoms with van der Waals surface area (Å²) in [6.45, 7) is 1.29. The molecular formula is C15H14ClN3OS. The normalized spacial score (nSPS) is 10.8. The molecule has 4 nitrogen and oxygen atoms in total. The Kier molecular flexibility index (Phi) is 4.22. The average Bonchev–Trinajstić information content (AvgIpc) is 2.95. The standard InChI is InChI=1S/C15H14ClN3OS/c1-19(6-7-20-12-4-2-3-11(16)9-12)14-13-5-8-21-15(13)18-10-17-14/h2-5,8-10H,6-7H2,1H3. The fourth-order valence-corrected chi connectivity index (χ4v) is 2.95. The molecule has 0 amide bonds. The summed E-state index contributed by atoms with van der Waals surface area (Å²) < 4.78 is 5.71. The molecule has 0 unspecified atom stereocenters. The van der Waals surface area contributed by atoms with E-state index >= 15 is 0 Å². The number of likely N-dealkylation sites (N-methyl/N-ethyl adjacent to an activating group) is 1. The molecule has 2 aromatic heterocycles. The number of hydrogen-bond acceptors (Lipinski definition) is 5. The van der Waals surface area contributed by atoms with Crippen molar-refractivity contribution in [2.75, 3.05) is 25.1 Å². The largest absolute Gasteiger partial charge is 0.492 e. The van der Waals surface area contributed by atoms with Gasteiger partial charge in [0.1, 0.15) is 29.3 Å². The van der Waals surface area contributed by atoms with Crippen LogP contribution in [0.5, 0.6) is 5.75 Å². The molecule has 0 bridgehead atoms. The molecule has 0 saturated carbocycles. The SMILES string of the molecule is CN(CCOc1cccc(Cl)c1)c1ncnc2sccc12. The number of aromatic nitrogens is 2. The second-order valence-electron chi connectivity index (χ2n) is 4.56. The lowest BCUT2D eigenvalue weighted by atomic mass is 10.3. The van der Waals surface area contributed by atoms with Gasteiger partial charge in [-0.3, -0.25) is 0 Å². The highest BCUT2D eigenvalue weighted by Gasteiger charge is 2.09. The molecule has 0 radical (unpaired) electrons. The van der Waals surface area contributed by atoms with Crippen LogP contribution in [0.2, 0.25) is 5.02 Å². The number of fused-ring (bicyclic) bond motifs is 1. The maximum absolute atomic E-state index is 5.93. The second-order valence-corrected chi connectivity index (χ2v) is 5.90. The van der Waals surface area contributed by atoms with E-state index < -0.39 is 0 Å². The first-order valence-electron chi connectivity index (χ1n) is 6.52. The van der Waals surface area contributed by atoms with E-state index in [0.29, 0.717) is 11.6 Å². The highest BCUT2D eigenvalue weighted by molar-refractivity contribution is 7.16.